The zero-order valence-corrected chi connectivity index (χ0v) is 24.0. The van der Waals surface area contributed by atoms with E-state index in [1.807, 2.05) is 61.5 Å². The Morgan fingerprint density at radius 1 is 1.05 bits per heavy atom. The average Bonchev–Trinajstić information content (AvgIpc) is 2.95. The number of carbonyl (C=O) groups excluding carboxylic acids is 1. The number of hydrogen-bond acceptors (Lipinski definition) is 4. The minimum Gasteiger partial charge on any atom is -0.481 e. The molecular weight excluding hydrogens is 570 g/mol. The van der Waals surface area contributed by atoms with E-state index in [1.54, 1.807) is 19.3 Å². The smallest absolute Gasteiger partial charge is 0.309 e. The SMILES string of the molecule is Cc1c(-c2ccccc2)nc2ccc(Br)cc2c1C(=O)NC12CCC(C(=O)O)(CC1)C[C@H]2c1cccn(C)c1=O. The molecule has 0 aliphatic heterocycles. The minimum absolute atomic E-state index is 0.157. The van der Waals surface area contributed by atoms with Gasteiger partial charge in [0.05, 0.1) is 22.2 Å². The maximum atomic E-state index is 14.4. The maximum Gasteiger partial charge on any atom is 0.309 e. The van der Waals surface area contributed by atoms with Gasteiger partial charge >= 0.3 is 5.97 Å². The zero-order valence-electron chi connectivity index (χ0n) is 22.4. The van der Waals surface area contributed by atoms with E-state index in [4.69, 9.17) is 4.98 Å². The summed E-state index contributed by atoms with van der Waals surface area (Å²) in [6.07, 6.45) is 3.92. The number of carbonyl (C=O) groups is 2. The van der Waals surface area contributed by atoms with E-state index < -0.39 is 22.8 Å². The number of carboxylic acids is 1. The van der Waals surface area contributed by atoms with E-state index in [0.29, 0.717) is 48.7 Å². The number of carboxylic acid groups (broad SMARTS) is 1. The molecule has 2 heterocycles. The van der Waals surface area contributed by atoms with Gasteiger partial charge < -0.3 is 15.0 Å². The highest BCUT2D eigenvalue weighted by molar-refractivity contribution is 9.10. The molecule has 7 rings (SSSR count). The quantitative estimate of drug-likeness (QED) is 0.294. The van der Waals surface area contributed by atoms with Crippen molar-refractivity contribution in [3.8, 4) is 11.3 Å². The Labute approximate surface area is 240 Å². The van der Waals surface area contributed by atoms with Crippen LogP contribution in [0.1, 0.15) is 59.5 Å². The largest absolute Gasteiger partial charge is 0.481 e. The van der Waals surface area contributed by atoms with Crippen molar-refractivity contribution in [1.82, 2.24) is 14.9 Å². The lowest BCUT2D eigenvalue weighted by Crippen LogP contribution is -2.63. The Morgan fingerprint density at radius 3 is 2.48 bits per heavy atom. The summed E-state index contributed by atoms with van der Waals surface area (Å²) in [5.41, 5.74) is 2.46. The number of amides is 1. The van der Waals surface area contributed by atoms with Gasteiger partial charge in [-0.25, -0.2) is 4.98 Å². The number of nitrogens with one attached hydrogen (secondary N) is 1. The van der Waals surface area contributed by atoms with Crippen LogP contribution in [0, 0.1) is 12.3 Å². The molecule has 0 saturated heterocycles. The molecule has 3 saturated carbocycles. The number of halogens is 1. The summed E-state index contributed by atoms with van der Waals surface area (Å²) < 4.78 is 2.36. The Hall–Kier alpha value is -3.78. The van der Waals surface area contributed by atoms with Crippen molar-refractivity contribution in [1.29, 1.82) is 0 Å². The molecule has 3 aliphatic carbocycles. The number of aromatic nitrogens is 2. The van der Waals surface area contributed by atoms with Gasteiger partial charge in [0.25, 0.3) is 11.5 Å². The fourth-order valence-electron chi connectivity index (χ4n) is 6.91. The van der Waals surface area contributed by atoms with Gasteiger partial charge in [-0.05, 0) is 68.9 Å². The monoisotopic (exact) mass is 599 g/mol. The second-order valence-electron chi connectivity index (χ2n) is 11.3. The third-order valence-corrected chi connectivity index (χ3v) is 9.66. The topological polar surface area (TPSA) is 101 Å². The van der Waals surface area contributed by atoms with Gasteiger partial charge in [-0.2, -0.15) is 0 Å². The summed E-state index contributed by atoms with van der Waals surface area (Å²) in [5.74, 6) is -1.47. The second kappa shape index (κ2) is 9.70. The van der Waals surface area contributed by atoms with E-state index >= 15 is 0 Å². The van der Waals surface area contributed by atoms with Crippen LogP contribution < -0.4 is 10.9 Å². The van der Waals surface area contributed by atoms with Crippen LogP contribution in [0.25, 0.3) is 22.2 Å². The minimum atomic E-state index is -0.886. The predicted molar refractivity (Wildman–Crippen MR) is 157 cm³/mol. The van der Waals surface area contributed by atoms with Crippen molar-refractivity contribution in [3.05, 3.63) is 98.4 Å². The van der Waals surface area contributed by atoms with Crippen LogP contribution in [0.4, 0.5) is 0 Å². The molecule has 40 heavy (non-hydrogen) atoms. The molecular formula is C32H30BrN3O4. The molecule has 2 bridgehead atoms. The van der Waals surface area contributed by atoms with Crippen LogP contribution in [-0.4, -0.2) is 32.1 Å². The first kappa shape index (κ1) is 26.4. The Morgan fingerprint density at radius 2 is 1.77 bits per heavy atom. The lowest BCUT2D eigenvalue weighted by molar-refractivity contribution is -0.157. The molecule has 1 amide bonds. The number of hydrogen-bond donors (Lipinski definition) is 2. The average molecular weight is 601 g/mol. The predicted octanol–water partition coefficient (Wildman–Crippen LogP) is 5.97. The van der Waals surface area contributed by atoms with Crippen LogP contribution in [0.2, 0.25) is 0 Å². The summed E-state index contributed by atoms with van der Waals surface area (Å²) in [4.78, 5) is 45.0. The fourth-order valence-corrected chi connectivity index (χ4v) is 7.27. The standard InChI is InChI=1S/C32H30BrN3O4/c1-19-26(23-17-21(33)10-11-25(23)34-27(19)20-7-4-3-5-8-20)28(37)35-32-14-12-31(13-15-32,30(39)40)18-24(32)22-9-6-16-36(2)29(22)38/h3-11,16-17,24H,12-15,18H2,1-2H3,(H,35,37)(H,39,40)/t24-,31?,32?/m0/s1. The van der Waals surface area contributed by atoms with Crippen LogP contribution in [0.5, 0.6) is 0 Å². The van der Waals surface area contributed by atoms with Crippen molar-refractivity contribution < 1.29 is 14.7 Å². The summed E-state index contributed by atoms with van der Waals surface area (Å²) in [5, 5.41) is 14.3. The first-order valence-corrected chi connectivity index (χ1v) is 14.3. The Balaban J connectivity index is 1.49. The van der Waals surface area contributed by atoms with E-state index in [9.17, 15) is 19.5 Å². The summed E-state index contributed by atoms with van der Waals surface area (Å²) >= 11 is 3.56. The summed E-state index contributed by atoms with van der Waals surface area (Å²) in [7, 11) is 1.70. The third-order valence-electron chi connectivity index (χ3n) is 9.17. The highest BCUT2D eigenvalue weighted by atomic mass is 79.9. The van der Waals surface area contributed by atoms with Gasteiger partial charge in [0.15, 0.2) is 0 Å². The Kier molecular flexibility index (Phi) is 6.41. The zero-order chi connectivity index (χ0) is 28.2. The van der Waals surface area contributed by atoms with Gasteiger partial charge in [-0.1, -0.05) is 52.3 Å². The number of aliphatic carboxylic acids is 1. The number of aryl methyl sites for hydroxylation is 1. The molecule has 8 heteroatoms. The van der Waals surface area contributed by atoms with Crippen LogP contribution in [0.15, 0.2) is 76.1 Å². The lowest BCUT2D eigenvalue weighted by atomic mass is 9.51. The van der Waals surface area contributed by atoms with Crippen molar-refractivity contribution in [3.63, 3.8) is 0 Å². The van der Waals surface area contributed by atoms with Crippen LogP contribution in [-0.2, 0) is 11.8 Å². The molecule has 7 nitrogen and oxygen atoms in total. The second-order valence-corrected chi connectivity index (χ2v) is 12.2. The Bertz CT molecular complexity index is 1720. The summed E-state index contributed by atoms with van der Waals surface area (Å²) in [6, 6.07) is 19.1. The van der Waals surface area contributed by atoms with Gasteiger partial charge in [-0.3, -0.25) is 14.4 Å². The molecule has 0 unspecified atom stereocenters. The molecule has 204 valence electrons. The summed E-state index contributed by atoms with van der Waals surface area (Å²) in [6.45, 7) is 1.92. The molecule has 4 aromatic rings. The number of benzene rings is 2. The van der Waals surface area contributed by atoms with E-state index in [1.165, 1.54) is 4.57 Å². The maximum absolute atomic E-state index is 14.4. The van der Waals surface area contributed by atoms with Crippen LogP contribution >= 0.6 is 15.9 Å². The molecule has 0 spiro atoms. The van der Waals surface area contributed by atoms with Gasteiger partial charge in [-0.15, -0.1) is 0 Å². The lowest BCUT2D eigenvalue weighted by Gasteiger charge is -2.56. The van der Waals surface area contributed by atoms with Gasteiger partial charge in [0, 0.05) is 45.7 Å². The third kappa shape index (κ3) is 4.17. The fraction of sp³-hybridized carbons (Fsp3) is 0.312. The van der Waals surface area contributed by atoms with Crippen molar-refractivity contribution in [2.24, 2.45) is 12.5 Å². The molecule has 2 N–H and O–H groups in total. The first-order chi connectivity index (χ1) is 19.1. The van der Waals surface area contributed by atoms with Crippen molar-refractivity contribution >= 4 is 38.7 Å². The molecule has 2 aromatic heterocycles. The van der Waals surface area contributed by atoms with E-state index in [-0.39, 0.29) is 11.5 Å². The van der Waals surface area contributed by atoms with Gasteiger partial charge in [0.1, 0.15) is 0 Å². The van der Waals surface area contributed by atoms with Crippen LogP contribution in [0.3, 0.4) is 0 Å². The number of fused-ring (bicyclic) bond motifs is 4. The number of pyridine rings is 2. The number of rotatable bonds is 5. The van der Waals surface area contributed by atoms with Crippen molar-refractivity contribution in [2.45, 2.75) is 50.5 Å². The molecule has 0 radical (unpaired) electrons. The normalized spacial score (nSPS) is 23.7. The molecule has 1 atom stereocenters. The number of nitrogens with zero attached hydrogens (tertiary/aromatic N) is 2. The molecule has 3 aliphatic rings. The van der Waals surface area contributed by atoms with E-state index in [0.717, 1.165) is 26.7 Å². The molecule has 3 fully saturated rings. The highest BCUT2D eigenvalue weighted by Crippen LogP contribution is 2.58. The first-order valence-electron chi connectivity index (χ1n) is 13.5. The van der Waals surface area contributed by atoms with Gasteiger partial charge in [0.2, 0.25) is 0 Å². The highest BCUT2D eigenvalue weighted by Gasteiger charge is 2.59. The molecule has 2 aromatic carbocycles. The van der Waals surface area contributed by atoms with E-state index in [2.05, 4.69) is 21.2 Å². The van der Waals surface area contributed by atoms with Crippen molar-refractivity contribution in [2.75, 3.05) is 0 Å².